The third kappa shape index (κ3) is 2.36. The smallest absolute Gasteiger partial charge is 0.123 e. The highest BCUT2D eigenvalue weighted by atomic mass is 79.9. The van der Waals surface area contributed by atoms with E-state index in [0.717, 1.165) is 11.1 Å². The number of aryl methyl sites for hydroxylation is 2. The van der Waals surface area contributed by atoms with Crippen LogP contribution in [-0.4, -0.2) is 0 Å². The SMILES string of the molecule is Cc1ccc(C(Br)c2cc(F)ccc2C)s1. The molecule has 0 N–H and O–H groups in total. The first-order valence-electron chi connectivity index (χ1n) is 5.04. The number of alkyl halides is 1. The molecule has 2 rings (SSSR count). The molecule has 1 aromatic heterocycles. The van der Waals surface area contributed by atoms with Crippen molar-refractivity contribution in [3.63, 3.8) is 0 Å². The van der Waals surface area contributed by atoms with E-state index in [1.807, 2.05) is 13.0 Å². The molecule has 0 amide bonds. The van der Waals surface area contributed by atoms with E-state index in [0.29, 0.717) is 0 Å². The summed E-state index contributed by atoms with van der Waals surface area (Å²) in [5.74, 6) is -0.182. The van der Waals surface area contributed by atoms with Gasteiger partial charge in [0, 0.05) is 9.75 Å². The highest BCUT2D eigenvalue weighted by Crippen LogP contribution is 2.36. The molecule has 1 aromatic carbocycles. The van der Waals surface area contributed by atoms with Crippen LogP contribution in [-0.2, 0) is 0 Å². The maximum atomic E-state index is 13.2. The van der Waals surface area contributed by atoms with E-state index < -0.39 is 0 Å². The zero-order valence-electron chi connectivity index (χ0n) is 9.13. The normalized spacial score (nSPS) is 12.8. The van der Waals surface area contributed by atoms with Crippen molar-refractivity contribution in [1.29, 1.82) is 0 Å². The van der Waals surface area contributed by atoms with Gasteiger partial charge in [-0.2, -0.15) is 0 Å². The van der Waals surface area contributed by atoms with E-state index in [4.69, 9.17) is 0 Å². The lowest BCUT2D eigenvalue weighted by atomic mass is 10.0. The topological polar surface area (TPSA) is 0 Å². The van der Waals surface area contributed by atoms with Crippen molar-refractivity contribution in [2.45, 2.75) is 18.7 Å². The molecule has 0 aliphatic carbocycles. The molecule has 16 heavy (non-hydrogen) atoms. The molecule has 2 aromatic rings. The Morgan fingerprint density at radius 2 is 1.94 bits per heavy atom. The fraction of sp³-hybridized carbons (Fsp3) is 0.231. The van der Waals surface area contributed by atoms with Crippen LogP contribution in [0.5, 0.6) is 0 Å². The molecule has 0 spiro atoms. The molecule has 84 valence electrons. The summed E-state index contributed by atoms with van der Waals surface area (Å²) in [6.45, 7) is 4.08. The Morgan fingerprint density at radius 3 is 2.56 bits per heavy atom. The average Bonchev–Trinajstić information content (AvgIpc) is 2.67. The molecule has 1 atom stereocenters. The van der Waals surface area contributed by atoms with Crippen LogP contribution in [0, 0.1) is 19.7 Å². The third-order valence-electron chi connectivity index (χ3n) is 2.53. The monoisotopic (exact) mass is 298 g/mol. The van der Waals surface area contributed by atoms with E-state index in [-0.39, 0.29) is 10.6 Å². The third-order valence-corrected chi connectivity index (χ3v) is 4.88. The minimum atomic E-state index is -0.182. The summed E-state index contributed by atoms with van der Waals surface area (Å²) in [5.41, 5.74) is 2.11. The summed E-state index contributed by atoms with van der Waals surface area (Å²) in [7, 11) is 0. The first kappa shape index (κ1) is 11.8. The van der Waals surface area contributed by atoms with Gasteiger partial charge < -0.3 is 0 Å². The van der Waals surface area contributed by atoms with Gasteiger partial charge >= 0.3 is 0 Å². The van der Waals surface area contributed by atoms with Crippen LogP contribution >= 0.6 is 27.3 Å². The zero-order chi connectivity index (χ0) is 11.7. The van der Waals surface area contributed by atoms with E-state index in [1.54, 1.807) is 17.4 Å². The van der Waals surface area contributed by atoms with E-state index in [9.17, 15) is 4.39 Å². The second kappa shape index (κ2) is 4.68. The molecule has 0 saturated heterocycles. The molecule has 0 saturated carbocycles. The van der Waals surface area contributed by atoms with Crippen molar-refractivity contribution in [2.75, 3.05) is 0 Å². The van der Waals surface area contributed by atoms with Gasteiger partial charge in [0.05, 0.1) is 4.83 Å². The predicted octanol–water partition coefficient (Wildman–Crippen LogP) is 4.99. The molecule has 3 heteroatoms. The second-order valence-corrected chi connectivity index (χ2v) is 6.05. The molecule has 0 aliphatic rings. The van der Waals surface area contributed by atoms with Gasteiger partial charge in [-0.25, -0.2) is 4.39 Å². The maximum absolute atomic E-state index is 13.2. The van der Waals surface area contributed by atoms with E-state index in [2.05, 4.69) is 35.0 Å². The van der Waals surface area contributed by atoms with Crippen molar-refractivity contribution in [3.05, 3.63) is 57.0 Å². The number of hydrogen-bond acceptors (Lipinski definition) is 1. The summed E-state index contributed by atoms with van der Waals surface area (Å²) in [6.07, 6.45) is 0. The predicted molar refractivity (Wildman–Crippen MR) is 71.0 cm³/mol. The molecule has 0 radical (unpaired) electrons. The highest BCUT2D eigenvalue weighted by molar-refractivity contribution is 9.09. The number of halogens is 2. The quantitative estimate of drug-likeness (QED) is 0.685. The lowest BCUT2D eigenvalue weighted by molar-refractivity contribution is 0.625. The largest absolute Gasteiger partial charge is 0.207 e. The number of rotatable bonds is 2. The van der Waals surface area contributed by atoms with Gasteiger partial charge in [-0.15, -0.1) is 11.3 Å². The number of hydrogen-bond donors (Lipinski definition) is 0. The van der Waals surface area contributed by atoms with Crippen LogP contribution in [0.1, 0.15) is 25.7 Å². The molecule has 1 heterocycles. The highest BCUT2D eigenvalue weighted by Gasteiger charge is 2.15. The lowest BCUT2D eigenvalue weighted by Crippen LogP contribution is -1.94. The van der Waals surface area contributed by atoms with Crippen molar-refractivity contribution >= 4 is 27.3 Å². The first-order valence-corrected chi connectivity index (χ1v) is 6.77. The van der Waals surface area contributed by atoms with Crippen LogP contribution in [0.4, 0.5) is 4.39 Å². The average molecular weight is 299 g/mol. The van der Waals surface area contributed by atoms with Gasteiger partial charge in [0.15, 0.2) is 0 Å². The molecular formula is C13H12BrFS. The van der Waals surface area contributed by atoms with Gasteiger partial charge in [-0.1, -0.05) is 22.0 Å². The van der Waals surface area contributed by atoms with Gasteiger partial charge in [0.1, 0.15) is 5.82 Å². The Morgan fingerprint density at radius 1 is 1.19 bits per heavy atom. The fourth-order valence-electron chi connectivity index (χ4n) is 1.63. The Balaban J connectivity index is 2.40. The first-order chi connectivity index (χ1) is 7.58. The summed E-state index contributed by atoms with van der Waals surface area (Å²) in [5, 5.41) is 0. The molecule has 1 unspecified atom stereocenters. The Labute approximate surface area is 107 Å². The Bertz CT molecular complexity index is 504. The number of benzene rings is 1. The van der Waals surface area contributed by atoms with Crippen LogP contribution in [0.25, 0.3) is 0 Å². The van der Waals surface area contributed by atoms with Crippen LogP contribution < -0.4 is 0 Å². The standard InChI is InChI=1S/C13H12BrFS/c1-8-3-5-10(15)7-11(8)13(14)12-6-4-9(2)16-12/h3-7,13H,1-2H3. The molecule has 0 bridgehead atoms. The molecule has 0 aliphatic heterocycles. The summed E-state index contributed by atoms with van der Waals surface area (Å²) >= 11 is 5.37. The fourth-order valence-corrected chi connectivity index (χ4v) is 3.43. The van der Waals surface area contributed by atoms with Crippen molar-refractivity contribution in [2.24, 2.45) is 0 Å². The lowest BCUT2D eigenvalue weighted by Gasteiger charge is -2.11. The van der Waals surface area contributed by atoms with Crippen molar-refractivity contribution < 1.29 is 4.39 Å². The summed E-state index contributed by atoms with van der Waals surface area (Å²) in [4.78, 5) is 2.57. The van der Waals surface area contributed by atoms with Gasteiger partial charge in [0.2, 0.25) is 0 Å². The van der Waals surface area contributed by atoms with Crippen LogP contribution in [0.15, 0.2) is 30.3 Å². The van der Waals surface area contributed by atoms with Gasteiger partial charge in [0.25, 0.3) is 0 Å². The van der Waals surface area contributed by atoms with Crippen molar-refractivity contribution in [1.82, 2.24) is 0 Å². The van der Waals surface area contributed by atoms with Crippen LogP contribution in [0.2, 0.25) is 0 Å². The molecular weight excluding hydrogens is 287 g/mol. The van der Waals surface area contributed by atoms with E-state index >= 15 is 0 Å². The van der Waals surface area contributed by atoms with Gasteiger partial charge in [-0.05, 0) is 49.2 Å². The van der Waals surface area contributed by atoms with Gasteiger partial charge in [-0.3, -0.25) is 0 Å². The van der Waals surface area contributed by atoms with E-state index in [1.165, 1.54) is 15.8 Å². The molecule has 0 fully saturated rings. The minimum Gasteiger partial charge on any atom is -0.207 e. The van der Waals surface area contributed by atoms with Crippen molar-refractivity contribution in [3.8, 4) is 0 Å². The molecule has 0 nitrogen and oxygen atoms in total. The summed E-state index contributed by atoms with van der Waals surface area (Å²) in [6, 6.07) is 9.09. The Kier molecular flexibility index (Phi) is 3.45. The second-order valence-electron chi connectivity index (χ2n) is 3.81. The maximum Gasteiger partial charge on any atom is 0.123 e. The number of thiophene rings is 1. The summed E-state index contributed by atoms with van der Waals surface area (Å²) < 4.78 is 13.2. The Hall–Kier alpha value is -0.670. The van der Waals surface area contributed by atoms with Crippen LogP contribution in [0.3, 0.4) is 0 Å². The zero-order valence-corrected chi connectivity index (χ0v) is 11.5. The minimum absolute atomic E-state index is 0.0851.